The van der Waals surface area contributed by atoms with Crippen LogP contribution in [0.3, 0.4) is 0 Å². The van der Waals surface area contributed by atoms with Crippen LogP contribution in [0.5, 0.6) is 0 Å². The van der Waals surface area contributed by atoms with Crippen LogP contribution in [0.1, 0.15) is 23.1 Å². The van der Waals surface area contributed by atoms with Gasteiger partial charge in [-0.15, -0.1) is 0 Å². The molecule has 98 valence electrons. The SMILES string of the molecule is OCCC1(c2ccccc2)COCc2ccccc21. The lowest BCUT2D eigenvalue weighted by atomic mass is 9.70. The van der Waals surface area contributed by atoms with Crippen molar-refractivity contribution in [3.8, 4) is 0 Å². The van der Waals surface area contributed by atoms with Gasteiger partial charge in [0.2, 0.25) is 0 Å². The molecule has 2 aromatic carbocycles. The van der Waals surface area contributed by atoms with Gasteiger partial charge >= 0.3 is 0 Å². The summed E-state index contributed by atoms with van der Waals surface area (Å²) in [6, 6.07) is 18.8. The van der Waals surface area contributed by atoms with Crippen LogP contribution < -0.4 is 0 Å². The van der Waals surface area contributed by atoms with Gasteiger partial charge in [0, 0.05) is 12.0 Å². The minimum atomic E-state index is -0.217. The van der Waals surface area contributed by atoms with Crippen molar-refractivity contribution in [2.75, 3.05) is 13.2 Å². The molecule has 0 aliphatic carbocycles. The molecule has 19 heavy (non-hydrogen) atoms. The molecule has 0 fully saturated rings. The van der Waals surface area contributed by atoms with Crippen molar-refractivity contribution < 1.29 is 9.84 Å². The van der Waals surface area contributed by atoms with Gasteiger partial charge in [-0.25, -0.2) is 0 Å². The number of fused-ring (bicyclic) bond motifs is 1. The van der Waals surface area contributed by atoms with Crippen LogP contribution in [0.25, 0.3) is 0 Å². The van der Waals surface area contributed by atoms with Gasteiger partial charge in [-0.1, -0.05) is 54.6 Å². The molecule has 0 bridgehead atoms. The molecular formula is C17H18O2. The van der Waals surface area contributed by atoms with Crippen molar-refractivity contribution in [2.45, 2.75) is 18.4 Å². The van der Waals surface area contributed by atoms with Crippen molar-refractivity contribution in [1.29, 1.82) is 0 Å². The molecule has 0 radical (unpaired) electrons. The first kappa shape index (κ1) is 12.4. The summed E-state index contributed by atoms with van der Waals surface area (Å²) in [5.74, 6) is 0. The molecule has 3 rings (SSSR count). The van der Waals surface area contributed by atoms with Crippen molar-refractivity contribution in [3.63, 3.8) is 0 Å². The normalized spacial score (nSPS) is 21.9. The van der Waals surface area contributed by atoms with Crippen molar-refractivity contribution in [2.24, 2.45) is 0 Å². The molecule has 2 nitrogen and oxygen atoms in total. The zero-order chi connectivity index (χ0) is 13.1. The third-order valence-corrected chi connectivity index (χ3v) is 4.00. The van der Waals surface area contributed by atoms with Crippen LogP contribution >= 0.6 is 0 Å². The highest BCUT2D eigenvalue weighted by Crippen LogP contribution is 2.40. The van der Waals surface area contributed by atoms with Gasteiger partial charge in [0.25, 0.3) is 0 Å². The van der Waals surface area contributed by atoms with Crippen molar-refractivity contribution in [3.05, 3.63) is 71.3 Å². The Morgan fingerprint density at radius 2 is 1.74 bits per heavy atom. The Bertz CT molecular complexity index is 550. The molecule has 0 amide bonds. The van der Waals surface area contributed by atoms with Crippen LogP contribution in [0.4, 0.5) is 0 Å². The highest BCUT2D eigenvalue weighted by atomic mass is 16.5. The number of ether oxygens (including phenoxy) is 1. The molecular weight excluding hydrogens is 236 g/mol. The van der Waals surface area contributed by atoms with Crippen LogP contribution in [0.15, 0.2) is 54.6 Å². The maximum absolute atomic E-state index is 9.52. The number of hydrogen-bond acceptors (Lipinski definition) is 2. The summed E-state index contributed by atoms with van der Waals surface area (Å²) < 4.78 is 5.81. The van der Waals surface area contributed by atoms with E-state index in [4.69, 9.17) is 4.74 Å². The Morgan fingerprint density at radius 3 is 2.53 bits per heavy atom. The largest absolute Gasteiger partial charge is 0.396 e. The molecule has 2 aromatic rings. The first-order valence-corrected chi connectivity index (χ1v) is 6.69. The fraction of sp³-hybridized carbons (Fsp3) is 0.294. The van der Waals surface area contributed by atoms with Gasteiger partial charge in [0.15, 0.2) is 0 Å². The lowest BCUT2D eigenvalue weighted by Crippen LogP contribution is -2.38. The first-order valence-electron chi connectivity index (χ1n) is 6.69. The van der Waals surface area contributed by atoms with Gasteiger partial charge < -0.3 is 9.84 Å². The molecule has 0 saturated carbocycles. The van der Waals surface area contributed by atoms with Gasteiger partial charge in [-0.05, 0) is 23.1 Å². The summed E-state index contributed by atoms with van der Waals surface area (Å²) in [5.41, 5.74) is 3.52. The quantitative estimate of drug-likeness (QED) is 0.912. The standard InChI is InChI=1S/C17H18O2/c18-11-10-17(15-7-2-1-3-8-15)13-19-12-14-6-4-5-9-16(14)17/h1-9,18H,10-13H2. The number of rotatable bonds is 3. The number of aliphatic hydroxyl groups excluding tert-OH is 1. The average molecular weight is 254 g/mol. The van der Waals surface area contributed by atoms with Gasteiger partial charge in [0.05, 0.1) is 13.2 Å². The van der Waals surface area contributed by atoms with Gasteiger partial charge in [-0.3, -0.25) is 0 Å². The zero-order valence-electron chi connectivity index (χ0n) is 10.9. The van der Waals surface area contributed by atoms with Gasteiger partial charge in [0.1, 0.15) is 0 Å². The summed E-state index contributed by atoms with van der Waals surface area (Å²) in [6.07, 6.45) is 0.689. The number of hydrogen-bond donors (Lipinski definition) is 1. The summed E-state index contributed by atoms with van der Waals surface area (Å²) in [5, 5.41) is 9.52. The maximum atomic E-state index is 9.52. The Labute approximate surface area is 113 Å². The monoisotopic (exact) mass is 254 g/mol. The van der Waals surface area contributed by atoms with E-state index in [1.165, 1.54) is 16.7 Å². The minimum absolute atomic E-state index is 0.159. The Balaban J connectivity index is 2.17. The van der Waals surface area contributed by atoms with Crippen LogP contribution in [-0.2, 0) is 16.8 Å². The van der Waals surface area contributed by atoms with E-state index in [9.17, 15) is 5.11 Å². The fourth-order valence-electron chi connectivity index (χ4n) is 3.06. The van der Waals surface area contributed by atoms with E-state index in [0.717, 1.165) is 0 Å². The lowest BCUT2D eigenvalue weighted by Gasteiger charge is -2.39. The van der Waals surface area contributed by atoms with Crippen LogP contribution in [0, 0.1) is 0 Å². The van der Waals surface area contributed by atoms with E-state index in [1.807, 2.05) is 24.3 Å². The summed E-state index contributed by atoms with van der Waals surface area (Å²) in [7, 11) is 0. The molecule has 1 aliphatic rings. The predicted octanol–water partition coefficient (Wildman–Crippen LogP) is 2.89. The van der Waals surface area contributed by atoms with Crippen LogP contribution in [0.2, 0.25) is 0 Å². The second-order valence-electron chi connectivity index (χ2n) is 5.07. The first-order chi connectivity index (χ1) is 9.37. The zero-order valence-corrected chi connectivity index (χ0v) is 10.9. The van der Waals surface area contributed by atoms with Crippen molar-refractivity contribution in [1.82, 2.24) is 0 Å². The Kier molecular flexibility index (Phi) is 3.36. The average Bonchev–Trinajstić information content (AvgIpc) is 2.49. The van der Waals surface area contributed by atoms with E-state index < -0.39 is 0 Å². The summed E-state index contributed by atoms with van der Waals surface area (Å²) >= 11 is 0. The maximum Gasteiger partial charge on any atom is 0.0720 e. The smallest absolute Gasteiger partial charge is 0.0720 e. The van der Waals surface area contributed by atoms with E-state index in [2.05, 4.69) is 30.3 Å². The molecule has 0 spiro atoms. The Morgan fingerprint density at radius 1 is 1.00 bits per heavy atom. The topological polar surface area (TPSA) is 29.5 Å². The van der Waals surface area contributed by atoms with E-state index in [-0.39, 0.29) is 12.0 Å². The summed E-state index contributed by atoms with van der Waals surface area (Å²) in [4.78, 5) is 0. The second-order valence-corrected chi connectivity index (χ2v) is 5.07. The molecule has 1 N–H and O–H groups in total. The molecule has 1 heterocycles. The minimum Gasteiger partial charge on any atom is -0.396 e. The number of aliphatic hydroxyl groups is 1. The van der Waals surface area contributed by atoms with Crippen molar-refractivity contribution >= 4 is 0 Å². The highest BCUT2D eigenvalue weighted by Gasteiger charge is 2.38. The second kappa shape index (κ2) is 5.16. The third-order valence-electron chi connectivity index (χ3n) is 4.00. The lowest BCUT2D eigenvalue weighted by molar-refractivity contribution is 0.0550. The highest BCUT2D eigenvalue weighted by molar-refractivity contribution is 5.45. The third kappa shape index (κ3) is 2.07. The fourth-order valence-corrected chi connectivity index (χ4v) is 3.06. The van der Waals surface area contributed by atoms with E-state index in [0.29, 0.717) is 19.6 Å². The van der Waals surface area contributed by atoms with E-state index >= 15 is 0 Å². The molecule has 1 unspecified atom stereocenters. The molecule has 1 atom stereocenters. The predicted molar refractivity (Wildman–Crippen MR) is 75.0 cm³/mol. The number of benzene rings is 2. The molecule has 0 aromatic heterocycles. The molecule has 0 saturated heterocycles. The van der Waals surface area contributed by atoms with E-state index in [1.54, 1.807) is 0 Å². The molecule has 2 heteroatoms. The molecule has 1 aliphatic heterocycles. The Hall–Kier alpha value is -1.64. The van der Waals surface area contributed by atoms with Gasteiger partial charge in [-0.2, -0.15) is 0 Å². The summed E-state index contributed by atoms with van der Waals surface area (Å²) in [6.45, 7) is 1.46. The van der Waals surface area contributed by atoms with Crippen LogP contribution in [-0.4, -0.2) is 18.3 Å².